The molecule has 8 heavy (non-hydrogen) atoms. The molecular formula is C6H4N2. The van der Waals surface area contributed by atoms with Crippen molar-refractivity contribution in [1.82, 2.24) is 4.98 Å². The summed E-state index contributed by atoms with van der Waals surface area (Å²) in [5, 5.41) is 6.61. The Kier molecular flexibility index (Phi) is 1.37. The number of rotatable bonds is 1. The van der Waals surface area contributed by atoms with Crippen LogP contribution in [0.3, 0.4) is 0 Å². The van der Waals surface area contributed by atoms with Crippen LogP contribution in [0.4, 0.5) is 0 Å². The van der Waals surface area contributed by atoms with Gasteiger partial charge in [0.15, 0.2) is 0 Å². The van der Waals surface area contributed by atoms with Crippen LogP contribution in [0.1, 0.15) is 5.69 Å². The zero-order valence-electron chi connectivity index (χ0n) is 4.18. The topological polar surface area (TPSA) is 36.7 Å². The monoisotopic (exact) mass is 104 g/mol. The molecule has 2 heteroatoms. The molecule has 0 unspecified atom stereocenters. The van der Waals surface area contributed by atoms with Crippen molar-refractivity contribution in [3.8, 4) is 0 Å². The lowest BCUT2D eigenvalue weighted by Crippen LogP contribution is -1.81. The first-order valence-corrected chi connectivity index (χ1v) is 2.18. The number of hydrogen-bond acceptors (Lipinski definition) is 2. The minimum atomic E-state index is 0.521. The molecule has 0 saturated carbocycles. The van der Waals surface area contributed by atoms with Crippen LogP contribution < -0.4 is 0 Å². The summed E-state index contributed by atoms with van der Waals surface area (Å²) in [4.78, 5) is 3.77. The second kappa shape index (κ2) is 2.21. The van der Waals surface area contributed by atoms with E-state index in [0.29, 0.717) is 5.69 Å². The highest BCUT2D eigenvalue weighted by Gasteiger charge is 1.80. The van der Waals surface area contributed by atoms with Gasteiger partial charge in [-0.2, -0.15) is 0 Å². The Labute approximate surface area is 47.7 Å². The maximum Gasteiger partial charge on any atom is 0.107 e. The predicted molar refractivity (Wildman–Crippen MR) is 29.9 cm³/mol. The van der Waals surface area contributed by atoms with Crippen LogP contribution in [0.5, 0.6) is 0 Å². The molecule has 1 heterocycles. The first-order valence-electron chi connectivity index (χ1n) is 2.18. The SMILES string of the molecule is N=[C]c1c[c]ccn1. The Balaban J connectivity index is 2.99. The third kappa shape index (κ3) is 0.904. The molecule has 0 atom stereocenters. The van der Waals surface area contributed by atoms with Gasteiger partial charge in [-0.25, -0.2) is 0 Å². The third-order valence-electron chi connectivity index (χ3n) is 0.733. The van der Waals surface area contributed by atoms with Crippen molar-refractivity contribution >= 4 is 6.21 Å². The second-order valence-electron chi connectivity index (χ2n) is 1.27. The van der Waals surface area contributed by atoms with Crippen LogP contribution >= 0.6 is 0 Å². The molecule has 0 aliphatic carbocycles. The summed E-state index contributed by atoms with van der Waals surface area (Å²) in [5.74, 6) is 0. The van der Waals surface area contributed by atoms with Crippen LogP contribution in [0.2, 0.25) is 0 Å². The van der Waals surface area contributed by atoms with E-state index in [1.807, 2.05) is 0 Å². The van der Waals surface area contributed by atoms with Gasteiger partial charge in [-0.1, -0.05) is 0 Å². The van der Waals surface area contributed by atoms with Crippen LogP contribution in [-0.4, -0.2) is 11.2 Å². The summed E-state index contributed by atoms with van der Waals surface area (Å²) in [6.45, 7) is 0. The standard InChI is InChI=1S/C6H4N2/c7-5-6-3-1-2-4-8-6/h2-4,7H. The lowest BCUT2D eigenvalue weighted by Gasteiger charge is -1.81. The van der Waals surface area contributed by atoms with E-state index in [-0.39, 0.29) is 0 Å². The predicted octanol–water partition coefficient (Wildman–Crippen LogP) is 0.756. The smallest absolute Gasteiger partial charge is 0.107 e. The highest BCUT2D eigenvalue weighted by atomic mass is 14.7. The van der Waals surface area contributed by atoms with E-state index in [2.05, 4.69) is 17.3 Å². The minimum Gasteiger partial charge on any atom is -0.296 e. The van der Waals surface area contributed by atoms with E-state index in [1.54, 1.807) is 18.3 Å². The zero-order chi connectivity index (χ0) is 5.82. The first kappa shape index (κ1) is 4.97. The van der Waals surface area contributed by atoms with E-state index in [0.717, 1.165) is 0 Å². The highest BCUT2D eigenvalue weighted by molar-refractivity contribution is 5.73. The molecule has 0 aliphatic heterocycles. The van der Waals surface area contributed by atoms with Crippen molar-refractivity contribution in [1.29, 1.82) is 5.41 Å². The van der Waals surface area contributed by atoms with Gasteiger partial charge in [0.1, 0.15) is 6.21 Å². The molecule has 0 amide bonds. The molecule has 0 spiro atoms. The maximum atomic E-state index is 6.61. The Hall–Kier alpha value is -1.18. The molecular weight excluding hydrogens is 100 g/mol. The molecule has 0 bridgehead atoms. The minimum absolute atomic E-state index is 0.521. The number of hydrogen-bond donors (Lipinski definition) is 1. The lowest BCUT2D eigenvalue weighted by atomic mass is 10.4. The Morgan fingerprint density at radius 3 is 3.00 bits per heavy atom. The third-order valence-corrected chi connectivity index (χ3v) is 0.733. The molecule has 38 valence electrons. The molecule has 1 aromatic heterocycles. The molecule has 1 N–H and O–H groups in total. The number of pyridine rings is 1. The lowest BCUT2D eigenvalue weighted by molar-refractivity contribution is 1.29. The van der Waals surface area contributed by atoms with Crippen molar-refractivity contribution in [2.45, 2.75) is 0 Å². The fourth-order valence-corrected chi connectivity index (χ4v) is 0.393. The summed E-state index contributed by atoms with van der Waals surface area (Å²) in [6.07, 6.45) is 3.71. The van der Waals surface area contributed by atoms with Crippen LogP contribution in [0, 0.1) is 11.5 Å². The van der Waals surface area contributed by atoms with E-state index in [9.17, 15) is 0 Å². The number of nitrogens with zero attached hydrogens (tertiary/aromatic N) is 1. The van der Waals surface area contributed by atoms with Gasteiger partial charge >= 0.3 is 0 Å². The van der Waals surface area contributed by atoms with Gasteiger partial charge in [-0.15, -0.1) is 0 Å². The van der Waals surface area contributed by atoms with Gasteiger partial charge in [0.25, 0.3) is 0 Å². The van der Waals surface area contributed by atoms with E-state index in [4.69, 9.17) is 5.41 Å². The summed E-state index contributed by atoms with van der Waals surface area (Å²) < 4.78 is 0. The molecule has 0 aliphatic rings. The highest BCUT2D eigenvalue weighted by Crippen LogP contribution is 1.84. The zero-order valence-corrected chi connectivity index (χ0v) is 4.18. The second-order valence-corrected chi connectivity index (χ2v) is 1.27. The van der Waals surface area contributed by atoms with Gasteiger partial charge in [-0.05, 0) is 18.2 Å². The average Bonchev–Trinajstić information content (AvgIpc) is 1.90. The van der Waals surface area contributed by atoms with Crippen LogP contribution in [0.15, 0.2) is 18.3 Å². The van der Waals surface area contributed by atoms with Crippen molar-refractivity contribution in [3.05, 3.63) is 30.1 Å². The first-order chi connectivity index (χ1) is 3.93. The largest absolute Gasteiger partial charge is 0.296 e. The molecule has 1 aromatic rings. The molecule has 0 saturated heterocycles. The normalized spacial score (nSPS) is 8.50. The summed E-state index contributed by atoms with van der Waals surface area (Å²) in [6, 6.07) is 6.05. The van der Waals surface area contributed by atoms with Gasteiger partial charge < -0.3 is 0 Å². The molecule has 0 fully saturated rings. The quantitative estimate of drug-likeness (QED) is 0.524. The van der Waals surface area contributed by atoms with Crippen molar-refractivity contribution in [2.24, 2.45) is 0 Å². The summed E-state index contributed by atoms with van der Waals surface area (Å²) in [7, 11) is 0. The van der Waals surface area contributed by atoms with E-state index >= 15 is 0 Å². The Bertz CT molecular complexity index is 169. The number of nitrogens with one attached hydrogen (secondary N) is 1. The summed E-state index contributed by atoms with van der Waals surface area (Å²) >= 11 is 0. The van der Waals surface area contributed by atoms with Crippen LogP contribution in [-0.2, 0) is 0 Å². The number of aromatic nitrogens is 1. The van der Waals surface area contributed by atoms with Crippen molar-refractivity contribution < 1.29 is 0 Å². The average molecular weight is 104 g/mol. The van der Waals surface area contributed by atoms with Gasteiger partial charge in [0.2, 0.25) is 0 Å². The molecule has 2 nitrogen and oxygen atoms in total. The summed E-state index contributed by atoms with van der Waals surface area (Å²) in [5.41, 5.74) is 0.521. The molecule has 2 radical (unpaired) electrons. The Morgan fingerprint density at radius 1 is 1.75 bits per heavy atom. The van der Waals surface area contributed by atoms with Crippen molar-refractivity contribution in [2.75, 3.05) is 0 Å². The van der Waals surface area contributed by atoms with Crippen molar-refractivity contribution in [3.63, 3.8) is 0 Å². The fourth-order valence-electron chi connectivity index (χ4n) is 0.393. The fraction of sp³-hybridized carbons (Fsp3) is 0. The van der Waals surface area contributed by atoms with Gasteiger partial charge in [-0.3, -0.25) is 10.4 Å². The molecule has 0 aromatic carbocycles. The van der Waals surface area contributed by atoms with Gasteiger partial charge in [0.05, 0.1) is 5.69 Å². The van der Waals surface area contributed by atoms with E-state index < -0.39 is 0 Å². The molecule has 1 rings (SSSR count). The van der Waals surface area contributed by atoms with Gasteiger partial charge in [0, 0.05) is 6.20 Å². The Morgan fingerprint density at radius 2 is 2.62 bits per heavy atom. The maximum absolute atomic E-state index is 6.61. The van der Waals surface area contributed by atoms with Crippen LogP contribution in [0.25, 0.3) is 0 Å². The van der Waals surface area contributed by atoms with E-state index in [1.165, 1.54) is 0 Å².